The molecule has 11 heteroatoms. The van der Waals surface area contributed by atoms with Crippen molar-refractivity contribution in [1.82, 2.24) is 0 Å². The molecule has 0 radical (unpaired) electrons. The van der Waals surface area contributed by atoms with Gasteiger partial charge in [-0.2, -0.15) is 21.6 Å². The van der Waals surface area contributed by atoms with Crippen molar-refractivity contribution in [2.45, 2.75) is 31.2 Å². The fourth-order valence-electron chi connectivity index (χ4n) is 2.24. The molecule has 0 fully saturated rings. The van der Waals surface area contributed by atoms with Gasteiger partial charge in [0.05, 0.1) is 0 Å². The van der Waals surface area contributed by atoms with Crippen molar-refractivity contribution < 1.29 is 30.9 Å². The fourth-order valence-corrected chi connectivity index (χ4v) is 2.88. The number of benzene rings is 1. The molecule has 0 bridgehead atoms. The standard InChI is InChI=1S/C12H18B3F3O4S/c13-3-7-1-8(4-14)11(9(2-7)5-15)22-10(12(16,17)18)6-23(19,20)21/h1-2,10H,3-6,13-15H2,(H,19,20,21). The zero-order valence-corrected chi connectivity index (χ0v) is 14.1. The summed E-state index contributed by atoms with van der Waals surface area (Å²) in [5.41, 5.74) is 2.15. The third-order valence-electron chi connectivity index (χ3n) is 3.46. The Morgan fingerprint density at radius 1 is 1.09 bits per heavy atom. The van der Waals surface area contributed by atoms with Crippen LogP contribution in [0.1, 0.15) is 16.7 Å². The van der Waals surface area contributed by atoms with Crippen LogP contribution in [0.2, 0.25) is 0 Å². The van der Waals surface area contributed by atoms with Crippen LogP contribution in [-0.2, 0) is 29.1 Å². The van der Waals surface area contributed by atoms with Crippen molar-refractivity contribution in [1.29, 1.82) is 0 Å². The van der Waals surface area contributed by atoms with Gasteiger partial charge in [0.15, 0.2) is 0 Å². The van der Waals surface area contributed by atoms with Crippen LogP contribution in [0.3, 0.4) is 0 Å². The minimum absolute atomic E-state index is 0.0539. The Labute approximate surface area is 136 Å². The molecular formula is C12H18B3F3O4S. The fraction of sp³-hybridized carbons (Fsp3) is 0.500. The lowest BCUT2D eigenvalue weighted by Crippen LogP contribution is -2.40. The first-order valence-electron chi connectivity index (χ1n) is 7.34. The van der Waals surface area contributed by atoms with E-state index in [0.29, 0.717) is 23.8 Å². The van der Waals surface area contributed by atoms with Crippen molar-refractivity contribution in [2.24, 2.45) is 0 Å². The molecule has 0 saturated heterocycles. The molecule has 126 valence electrons. The maximum absolute atomic E-state index is 13.1. The number of rotatable bonds is 7. The van der Waals surface area contributed by atoms with E-state index in [1.54, 1.807) is 27.8 Å². The first-order chi connectivity index (χ1) is 10.5. The summed E-state index contributed by atoms with van der Waals surface area (Å²) < 4.78 is 74.7. The number of alkyl halides is 3. The maximum Gasteiger partial charge on any atom is 0.426 e. The smallest absolute Gasteiger partial charge is 0.426 e. The lowest BCUT2D eigenvalue weighted by molar-refractivity contribution is -0.188. The van der Waals surface area contributed by atoms with Gasteiger partial charge in [-0.05, 0) is 11.1 Å². The van der Waals surface area contributed by atoms with Gasteiger partial charge in [0.1, 0.15) is 35.0 Å². The molecule has 1 aromatic carbocycles. The van der Waals surface area contributed by atoms with Crippen molar-refractivity contribution in [3.8, 4) is 5.75 Å². The topological polar surface area (TPSA) is 63.6 Å². The van der Waals surface area contributed by atoms with Crippen molar-refractivity contribution in [2.75, 3.05) is 5.75 Å². The van der Waals surface area contributed by atoms with E-state index in [1.807, 2.05) is 7.85 Å². The van der Waals surface area contributed by atoms with Crippen LogP contribution in [-0.4, -0.2) is 54.5 Å². The van der Waals surface area contributed by atoms with Crippen LogP contribution in [0.25, 0.3) is 0 Å². The van der Waals surface area contributed by atoms with Crippen LogP contribution >= 0.6 is 0 Å². The summed E-state index contributed by atoms with van der Waals surface area (Å²) in [5.74, 6) is -1.48. The highest BCUT2D eigenvalue weighted by molar-refractivity contribution is 7.85. The molecule has 1 N–H and O–H groups in total. The van der Waals surface area contributed by atoms with Gasteiger partial charge in [-0.15, -0.1) is 0 Å². The van der Waals surface area contributed by atoms with Crippen LogP contribution in [0, 0.1) is 0 Å². The SMILES string of the molecule is BCc1cc(CB)c(OC(CS(=O)(=O)O)C(F)(F)F)c(CB)c1. The lowest BCUT2D eigenvalue weighted by atomic mass is 9.85. The monoisotopic (exact) mass is 348 g/mol. The molecule has 1 atom stereocenters. The molecule has 0 aliphatic carbocycles. The Hall–Kier alpha value is -1.09. The van der Waals surface area contributed by atoms with Gasteiger partial charge in [0.25, 0.3) is 10.1 Å². The van der Waals surface area contributed by atoms with E-state index in [0.717, 1.165) is 11.9 Å². The summed E-state index contributed by atoms with van der Waals surface area (Å²) in [6.07, 6.45) is -5.89. The minimum Gasteiger partial charge on any atom is -0.479 e. The van der Waals surface area contributed by atoms with E-state index in [-0.39, 0.29) is 5.75 Å². The van der Waals surface area contributed by atoms with E-state index in [1.165, 1.54) is 0 Å². The Morgan fingerprint density at radius 3 is 1.87 bits per heavy atom. The van der Waals surface area contributed by atoms with Crippen molar-refractivity contribution in [3.05, 3.63) is 28.8 Å². The largest absolute Gasteiger partial charge is 0.479 e. The average Bonchev–Trinajstić information content (AvgIpc) is 2.44. The predicted octanol–water partition coefficient (Wildman–Crippen LogP) is -0.717. The summed E-state index contributed by atoms with van der Waals surface area (Å²) in [7, 11) is 0.681. The lowest BCUT2D eigenvalue weighted by Gasteiger charge is -2.24. The summed E-state index contributed by atoms with van der Waals surface area (Å²) in [5, 5.41) is 0. The van der Waals surface area contributed by atoms with Gasteiger partial charge in [-0.1, -0.05) is 36.7 Å². The van der Waals surface area contributed by atoms with Crippen LogP contribution in [0.4, 0.5) is 13.2 Å². The van der Waals surface area contributed by atoms with Crippen molar-refractivity contribution in [3.63, 3.8) is 0 Å². The van der Waals surface area contributed by atoms with Gasteiger partial charge >= 0.3 is 6.18 Å². The van der Waals surface area contributed by atoms with Crippen LogP contribution in [0.5, 0.6) is 5.75 Å². The van der Waals surface area contributed by atoms with E-state index < -0.39 is 28.2 Å². The van der Waals surface area contributed by atoms with E-state index in [9.17, 15) is 21.6 Å². The molecule has 0 aromatic heterocycles. The van der Waals surface area contributed by atoms with Crippen LogP contribution in [0.15, 0.2) is 12.1 Å². The van der Waals surface area contributed by atoms with Gasteiger partial charge in [0, 0.05) is 0 Å². The average molecular weight is 348 g/mol. The second kappa shape index (κ2) is 7.66. The molecule has 0 amide bonds. The Kier molecular flexibility index (Phi) is 6.64. The van der Waals surface area contributed by atoms with Gasteiger partial charge < -0.3 is 4.74 Å². The summed E-state index contributed by atoms with van der Waals surface area (Å²) in [6.45, 7) is 0. The van der Waals surface area contributed by atoms with Crippen molar-refractivity contribution >= 4 is 33.7 Å². The molecule has 0 aliphatic rings. The molecule has 0 heterocycles. The van der Waals surface area contributed by atoms with E-state index in [2.05, 4.69) is 0 Å². The minimum atomic E-state index is -4.91. The number of hydrogen-bond donors (Lipinski definition) is 1. The van der Waals surface area contributed by atoms with Crippen LogP contribution < -0.4 is 4.74 Å². The first kappa shape index (κ1) is 20.0. The van der Waals surface area contributed by atoms with Gasteiger partial charge in [-0.25, -0.2) is 0 Å². The quantitative estimate of drug-likeness (QED) is 0.522. The molecule has 23 heavy (non-hydrogen) atoms. The third-order valence-corrected chi connectivity index (χ3v) is 4.18. The first-order valence-corrected chi connectivity index (χ1v) is 8.95. The summed E-state index contributed by atoms with van der Waals surface area (Å²) >= 11 is 0. The molecule has 0 saturated carbocycles. The van der Waals surface area contributed by atoms with Gasteiger partial charge in [0.2, 0.25) is 6.10 Å². The Bertz CT molecular complexity index is 624. The number of ether oxygens (including phenoxy) is 1. The number of hydrogen-bond acceptors (Lipinski definition) is 3. The highest BCUT2D eigenvalue weighted by Crippen LogP contribution is 2.32. The third kappa shape index (κ3) is 5.80. The highest BCUT2D eigenvalue weighted by atomic mass is 32.2. The molecule has 0 aliphatic heterocycles. The zero-order chi connectivity index (χ0) is 17.8. The normalized spacial score (nSPS) is 13.7. The second-order valence-electron chi connectivity index (χ2n) is 5.20. The van der Waals surface area contributed by atoms with Gasteiger partial charge in [-0.3, -0.25) is 4.55 Å². The summed E-state index contributed by atoms with van der Waals surface area (Å²) in [6, 6.07) is 3.52. The Balaban J connectivity index is 3.32. The molecular weight excluding hydrogens is 330 g/mol. The maximum atomic E-state index is 13.1. The predicted molar refractivity (Wildman–Crippen MR) is 90.1 cm³/mol. The summed E-state index contributed by atoms with van der Waals surface area (Å²) in [4.78, 5) is 0. The molecule has 1 unspecified atom stereocenters. The highest BCUT2D eigenvalue weighted by Gasteiger charge is 2.45. The molecule has 0 spiro atoms. The van der Waals surface area contributed by atoms with E-state index >= 15 is 0 Å². The second-order valence-corrected chi connectivity index (χ2v) is 6.70. The van der Waals surface area contributed by atoms with E-state index in [4.69, 9.17) is 9.29 Å². The Morgan fingerprint density at radius 2 is 1.57 bits per heavy atom. The number of halogens is 3. The molecule has 1 aromatic rings. The molecule has 1 rings (SSSR count). The zero-order valence-electron chi connectivity index (χ0n) is 13.3. The molecule has 4 nitrogen and oxygen atoms in total.